The first-order valence-corrected chi connectivity index (χ1v) is 8.04. The number of amides is 1. The first kappa shape index (κ1) is 14.8. The first-order valence-electron chi connectivity index (χ1n) is 8.04. The topological polar surface area (TPSA) is 55.1 Å². The molecule has 3 heteroatoms. The van der Waals surface area contributed by atoms with Gasteiger partial charge in [0.15, 0.2) is 0 Å². The molecule has 2 fully saturated rings. The largest absolute Gasteiger partial charge is 0.355 e. The molecule has 2 unspecified atom stereocenters. The average Bonchev–Trinajstić information content (AvgIpc) is 2.31. The van der Waals surface area contributed by atoms with Crippen LogP contribution in [0.25, 0.3) is 0 Å². The van der Waals surface area contributed by atoms with Gasteiger partial charge in [0, 0.05) is 18.5 Å². The summed E-state index contributed by atoms with van der Waals surface area (Å²) in [5.74, 6) is 1.14. The first-order chi connectivity index (χ1) is 9.01. The molecule has 0 aromatic carbocycles. The van der Waals surface area contributed by atoms with E-state index in [2.05, 4.69) is 19.2 Å². The van der Waals surface area contributed by atoms with Crippen LogP contribution in [0.3, 0.4) is 0 Å². The van der Waals surface area contributed by atoms with E-state index in [1.807, 2.05) is 0 Å². The van der Waals surface area contributed by atoms with Gasteiger partial charge in [-0.15, -0.1) is 0 Å². The van der Waals surface area contributed by atoms with Gasteiger partial charge in [-0.3, -0.25) is 4.79 Å². The lowest BCUT2D eigenvalue weighted by atomic mass is 9.64. The Morgan fingerprint density at radius 1 is 1.32 bits per heavy atom. The van der Waals surface area contributed by atoms with Crippen LogP contribution >= 0.6 is 0 Å². The van der Waals surface area contributed by atoms with Crippen molar-refractivity contribution < 1.29 is 4.79 Å². The summed E-state index contributed by atoms with van der Waals surface area (Å²) in [6.45, 7) is 5.44. The molecule has 0 aromatic rings. The van der Waals surface area contributed by atoms with Crippen LogP contribution in [-0.4, -0.2) is 18.5 Å². The molecule has 2 saturated carbocycles. The number of rotatable bonds is 5. The third-order valence-corrected chi connectivity index (χ3v) is 4.98. The normalized spacial score (nSPS) is 29.9. The zero-order valence-electron chi connectivity index (χ0n) is 12.6. The van der Waals surface area contributed by atoms with Crippen LogP contribution in [0, 0.1) is 17.3 Å². The van der Waals surface area contributed by atoms with Gasteiger partial charge in [0.05, 0.1) is 0 Å². The highest BCUT2D eigenvalue weighted by molar-refractivity contribution is 5.78. The summed E-state index contributed by atoms with van der Waals surface area (Å²) in [4.78, 5) is 12.2. The number of nitrogens with two attached hydrogens (primary N) is 1. The SMILES string of the molecule is CC(C)CC1(CNC(=O)C2CCCC(N)C2)CCC1. The number of hydrogen-bond donors (Lipinski definition) is 2. The van der Waals surface area contributed by atoms with Gasteiger partial charge in [0.2, 0.25) is 5.91 Å². The van der Waals surface area contributed by atoms with Gasteiger partial charge >= 0.3 is 0 Å². The van der Waals surface area contributed by atoms with E-state index in [4.69, 9.17) is 5.73 Å². The Balaban J connectivity index is 1.79. The Kier molecular flexibility index (Phi) is 4.88. The van der Waals surface area contributed by atoms with Gasteiger partial charge in [-0.1, -0.05) is 26.7 Å². The average molecular weight is 266 g/mol. The lowest BCUT2D eigenvalue weighted by Crippen LogP contribution is -2.46. The predicted molar refractivity (Wildman–Crippen MR) is 78.7 cm³/mol. The van der Waals surface area contributed by atoms with Crippen molar-refractivity contribution >= 4 is 5.91 Å². The maximum absolute atomic E-state index is 12.2. The van der Waals surface area contributed by atoms with Crippen molar-refractivity contribution in [2.24, 2.45) is 23.0 Å². The molecule has 2 rings (SSSR count). The molecule has 0 spiro atoms. The lowest BCUT2D eigenvalue weighted by molar-refractivity contribution is -0.127. The van der Waals surface area contributed by atoms with E-state index >= 15 is 0 Å². The van der Waals surface area contributed by atoms with E-state index in [1.54, 1.807) is 0 Å². The highest BCUT2D eigenvalue weighted by Crippen LogP contribution is 2.45. The van der Waals surface area contributed by atoms with E-state index in [-0.39, 0.29) is 17.9 Å². The second kappa shape index (κ2) is 6.25. The van der Waals surface area contributed by atoms with Crippen LogP contribution in [0.4, 0.5) is 0 Å². The third-order valence-electron chi connectivity index (χ3n) is 4.98. The second-order valence-electron chi connectivity index (χ2n) is 7.29. The monoisotopic (exact) mass is 266 g/mol. The molecule has 19 heavy (non-hydrogen) atoms. The van der Waals surface area contributed by atoms with Crippen molar-refractivity contribution in [3.05, 3.63) is 0 Å². The van der Waals surface area contributed by atoms with Crippen molar-refractivity contribution in [1.29, 1.82) is 0 Å². The lowest BCUT2D eigenvalue weighted by Gasteiger charge is -2.43. The highest BCUT2D eigenvalue weighted by Gasteiger charge is 2.38. The minimum Gasteiger partial charge on any atom is -0.355 e. The summed E-state index contributed by atoms with van der Waals surface area (Å²) < 4.78 is 0. The highest BCUT2D eigenvalue weighted by atomic mass is 16.1. The smallest absolute Gasteiger partial charge is 0.223 e. The van der Waals surface area contributed by atoms with Crippen LogP contribution in [0.2, 0.25) is 0 Å². The van der Waals surface area contributed by atoms with E-state index in [9.17, 15) is 4.79 Å². The fraction of sp³-hybridized carbons (Fsp3) is 0.938. The summed E-state index contributed by atoms with van der Waals surface area (Å²) in [5, 5.41) is 3.23. The van der Waals surface area contributed by atoms with Gasteiger partial charge in [0.25, 0.3) is 0 Å². The Morgan fingerprint density at radius 3 is 2.58 bits per heavy atom. The fourth-order valence-corrected chi connectivity index (χ4v) is 3.88. The van der Waals surface area contributed by atoms with Gasteiger partial charge in [-0.05, 0) is 49.9 Å². The molecule has 0 bridgehead atoms. The Labute approximate surface area is 117 Å². The number of hydrogen-bond acceptors (Lipinski definition) is 2. The molecule has 0 aliphatic heterocycles. The van der Waals surface area contributed by atoms with E-state index in [0.29, 0.717) is 5.41 Å². The molecule has 0 heterocycles. The molecule has 0 saturated heterocycles. The minimum atomic E-state index is 0.167. The molecular formula is C16H30N2O. The summed E-state index contributed by atoms with van der Waals surface area (Å²) >= 11 is 0. The van der Waals surface area contributed by atoms with E-state index in [1.165, 1.54) is 25.7 Å². The maximum Gasteiger partial charge on any atom is 0.223 e. The Morgan fingerprint density at radius 2 is 2.05 bits per heavy atom. The summed E-state index contributed by atoms with van der Waals surface area (Å²) in [5.41, 5.74) is 6.37. The summed E-state index contributed by atoms with van der Waals surface area (Å²) in [7, 11) is 0. The van der Waals surface area contributed by atoms with Crippen molar-refractivity contribution in [1.82, 2.24) is 5.32 Å². The quantitative estimate of drug-likeness (QED) is 0.804. The zero-order chi connectivity index (χ0) is 13.9. The maximum atomic E-state index is 12.2. The van der Waals surface area contributed by atoms with E-state index < -0.39 is 0 Å². The van der Waals surface area contributed by atoms with Crippen molar-refractivity contribution in [3.8, 4) is 0 Å². The molecule has 0 radical (unpaired) electrons. The van der Waals surface area contributed by atoms with Crippen LogP contribution < -0.4 is 11.1 Å². The molecule has 1 amide bonds. The minimum absolute atomic E-state index is 0.167. The molecule has 3 nitrogen and oxygen atoms in total. The summed E-state index contributed by atoms with van der Waals surface area (Å²) in [6.07, 6.45) is 9.25. The van der Waals surface area contributed by atoms with Crippen molar-refractivity contribution in [2.75, 3.05) is 6.54 Å². The predicted octanol–water partition coefficient (Wildman–Crippen LogP) is 2.84. The standard InChI is InChI=1S/C16H30N2O/c1-12(2)10-16(7-4-8-16)11-18-15(19)13-5-3-6-14(17)9-13/h12-14H,3-11,17H2,1-2H3,(H,18,19). The summed E-state index contributed by atoms with van der Waals surface area (Å²) in [6, 6.07) is 0.234. The third kappa shape index (κ3) is 3.95. The zero-order valence-corrected chi connectivity index (χ0v) is 12.6. The molecule has 110 valence electrons. The molecular weight excluding hydrogens is 236 g/mol. The second-order valence-corrected chi connectivity index (χ2v) is 7.29. The molecule has 0 aromatic heterocycles. The molecule has 2 atom stereocenters. The van der Waals surface area contributed by atoms with E-state index in [0.717, 1.165) is 38.1 Å². The Hall–Kier alpha value is -0.570. The van der Waals surface area contributed by atoms with Gasteiger partial charge in [0.1, 0.15) is 0 Å². The van der Waals surface area contributed by atoms with Crippen LogP contribution in [-0.2, 0) is 4.79 Å². The van der Waals surface area contributed by atoms with Gasteiger partial charge in [-0.2, -0.15) is 0 Å². The Bertz CT molecular complexity index is 310. The molecule has 3 N–H and O–H groups in total. The number of nitrogens with one attached hydrogen (secondary N) is 1. The van der Waals surface area contributed by atoms with Crippen LogP contribution in [0.5, 0.6) is 0 Å². The van der Waals surface area contributed by atoms with Crippen molar-refractivity contribution in [2.45, 2.75) is 71.3 Å². The fourth-order valence-electron chi connectivity index (χ4n) is 3.88. The molecule has 2 aliphatic rings. The van der Waals surface area contributed by atoms with Crippen LogP contribution in [0.15, 0.2) is 0 Å². The van der Waals surface area contributed by atoms with Gasteiger partial charge < -0.3 is 11.1 Å². The van der Waals surface area contributed by atoms with Crippen LogP contribution in [0.1, 0.15) is 65.2 Å². The molecule has 2 aliphatic carbocycles. The van der Waals surface area contributed by atoms with Crippen molar-refractivity contribution in [3.63, 3.8) is 0 Å². The van der Waals surface area contributed by atoms with Gasteiger partial charge in [-0.25, -0.2) is 0 Å². The number of carbonyl (C=O) groups excluding carboxylic acids is 1. The number of carbonyl (C=O) groups is 1.